The van der Waals surface area contributed by atoms with Gasteiger partial charge in [0, 0.05) is 24.0 Å². The number of pyridine rings is 1. The molecule has 0 aliphatic rings. The molecular weight excluding hydrogens is 267 g/mol. The molecule has 0 bridgehead atoms. The number of anilines is 1. The number of allylic oxidation sites excluding steroid dienone is 1. The Labute approximate surface area is 114 Å². The average Bonchev–Trinajstić information content (AvgIpc) is 2.41. The van der Waals surface area contributed by atoms with E-state index in [0.717, 1.165) is 0 Å². The van der Waals surface area contributed by atoms with E-state index in [1.54, 1.807) is 12.1 Å². The van der Waals surface area contributed by atoms with Crippen LogP contribution >= 0.6 is 11.6 Å². The van der Waals surface area contributed by atoms with E-state index in [1.165, 1.54) is 42.7 Å². The van der Waals surface area contributed by atoms with E-state index in [2.05, 4.69) is 10.3 Å². The first-order chi connectivity index (χ1) is 9.15. The molecule has 1 aromatic carbocycles. The van der Waals surface area contributed by atoms with Gasteiger partial charge in [0.25, 0.3) is 0 Å². The summed E-state index contributed by atoms with van der Waals surface area (Å²) in [7, 11) is 0. The summed E-state index contributed by atoms with van der Waals surface area (Å²) in [5.41, 5.74) is 0.420. The van der Waals surface area contributed by atoms with Crippen LogP contribution in [0.2, 0.25) is 5.02 Å². The van der Waals surface area contributed by atoms with Crippen LogP contribution in [-0.4, -0.2) is 10.8 Å². The Kier molecular flexibility index (Phi) is 4.26. The third-order valence-corrected chi connectivity index (χ3v) is 2.55. The molecule has 1 N–H and O–H groups in total. The fraction of sp³-hybridized carbons (Fsp3) is 0. The van der Waals surface area contributed by atoms with Gasteiger partial charge in [0.05, 0.1) is 5.02 Å². The number of halogens is 2. The monoisotopic (exact) mass is 276 g/mol. The minimum atomic E-state index is -0.371. The molecule has 2 aromatic rings. The molecule has 5 heteroatoms. The smallest absolute Gasteiger partial charge is 0.187 e. The van der Waals surface area contributed by atoms with Crippen molar-refractivity contribution in [3.63, 3.8) is 0 Å². The summed E-state index contributed by atoms with van der Waals surface area (Å²) in [6, 6.07) is 8.73. The second-order valence-electron chi connectivity index (χ2n) is 3.71. The third-order valence-electron chi connectivity index (χ3n) is 2.32. The number of hydrogen-bond acceptors (Lipinski definition) is 3. The van der Waals surface area contributed by atoms with Crippen LogP contribution in [-0.2, 0) is 0 Å². The Hall–Kier alpha value is -2.20. The van der Waals surface area contributed by atoms with Gasteiger partial charge in [-0.1, -0.05) is 11.6 Å². The van der Waals surface area contributed by atoms with Crippen molar-refractivity contribution in [1.82, 2.24) is 4.98 Å². The molecule has 3 nitrogen and oxygen atoms in total. The van der Waals surface area contributed by atoms with Gasteiger partial charge in [0.15, 0.2) is 5.78 Å². The molecular formula is C14H10ClFN2O. The van der Waals surface area contributed by atoms with Crippen molar-refractivity contribution in [3.8, 4) is 0 Å². The predicted molar refractivity (Wildman–Crippen MR) is 72.7 cm³/mol. The van der Waals surface area contributed by atoms with Gasteiger partial charge in [-0.3, -0.25) is 4.79 Å². The van der Waals surface area contributed by atoms with Gasteiger partial charge in [-0.2, -0.15) is 0 Å². The quantitative estimate of drug-likeness (QED) is 0.684. The summed E-state index contributed by atoms with van der Waals surface area (Å²) in [5.74, 6) is -0.0157. The van der Waals surface area contributed by atoms with Gasteiger partial charge in [-0.25, -0.2) is 9.37 Å². The van der Waals surface area contributed by atoms with Gasteiger partial charge in [0.1, 0.15) is 11.6 Å². The highest BCUT2D eigenvalue weighted by Crippen LogP contribution is 2.09. The Morgan fingerprint density at radius 1 is 1.21 bits per heavy atom. The van der Waals surface area contributed by atoms with Gasteiger partial charge < -0.3 is 5.32 Å². The first kappa shape index (κ1) is 13.2. The fourth-order valence-electron chi connectivity index (χ4n) is 1.37. The maximum atomic E-state index is 12.7. The molecule has 19 heavy (non-hydrogen) atoms. The predicted octanol–water partition coefficient (Wildman–Crippen LogP) is 3.68. The van der Waals surface area contributed by atoms with Crippen molar-refractivity contribution < 1.29 is 9.18 Å². The fourth-order valence-corrected chi connectivity index (χ4v) is 1.49. The number of nitrogens with one attached hydrogen (secondary N) is 1. The van der Waals surface area contributed by atoms with E-state index in [9.17, 15) is 9.18 Å². The molecule has 1 aromatic heterocycles. The molecule has 0 aliphatic heterocycles. The highest BCUT2D eigenvalue weighted by Gasteiger charge is 2.01. The number of hydrogen-bond donors (Lipinski definition) is 1. The van der Waals surface area contributed by atoms with Crippen molar-refractivity contribution in [2.45, 2.75) is 0 Å². The lowest BCUT2D eigenvalue weighted by Gasteiger charge is -1.99. The van der Waals surface area contributed by atoms with Crippen molar-refractivity contribution in [2.24, 2.45) is 0 Å². The summed E-state index contributed by atoms with van der Waals surface area (Å²) < 4.78 is 12.7. The Morgan fingerprint density at radius 2 is 1.95 bits per heavy atom. The van der Waals surface area contributed by atoms with E-state index in [4.69, 9.17) is 11.6 Å². The molecule has 0 unspecified atom stereocenters. The number of nitrogens with zero attached hydrogens (tertiary/aromatic N) is 1. The molecule has 1 heterocycles. The molecule has 96 valence electrons. The van der Waals surface area contributed by atoms with E-state index in [1.807, 2.05) is 0 Å². The lowest BCUT2D eigenvalue weighted by atomic mass is 10.1. The highest BCUT2D eigenvalue weighted by molar-refractivity contribution is 6.30. The van der Waals surface area contributed by atoms with Crippen molar-refractivity contribution in [3.05, 3.63) is 71.3 Å². The molecule has 0 atom stereocenters. The topological polar surface area (TPSA) is 42.0 Å². The second kappa shape index (κ2) is 6.11. The van der Waals surface area contributed by atoms with Crippen LogP contribution in [0.5, 0.6) is 0 Å². The number of rotatable bonds is 4. The molecule has 0 radical (unpaired) electrons. The molecule has 0 amide bonds. The van der Waals surface area contributed by atoms with Crippen LogP contribution in [0, 0.1) is 5.82 Å². The third kappa shape index (κ3) is 3.89. The van der Waals surface area contributed by atoms with Gasteiger partial charge >= 0.3 is 0 Å². The number of benzene rings is 1. The maximum Gasteiger partial charge on any atom is 0.187 e. The largest absolute Gasteiger partial charge is 0.347 e. The average molecular weight is 277 g/mol. The molecule has 0 aliphatic carbocycles. The van der Waals surface area contributed by atoms with Crippen molar-refractivity contribution >= 4 is 23.2 Å². The summed E-state index contributed by atoms with van der Waals surface area (Å²) in [5, 5.41) is 3.38. The Balaban J connectivity index is 1.97. The summed E-state index contributed by atoms with van der Waals surface area (Å²) in [6.07, 6.45) is 4.32. The van der Waals surface area contributed by atoms with E-state index < -0.39 is 0 Å². The number of carbonyl (C=O) groups excluding carboxylic acids is 1. The van der Waals surface area contributed by atoms with Crippen LogP contribution in [0.1, 0.15) is 10.4 Å². The number of aromatic nitrogens is 1. The lowest BCUT2D eigenvalue weighted by Crippen LogP contribution is -1.97. The maximum absolute atomic E-state index is 12.7. The summed E-state index contributed by atoms with van der Waals surface area (Å²) in [6.45, 7) is 0. The molecule has 0 saturated carbocycles. The first-order valence-electron chi connectivity index (χ1n) is 5.50. The zero-order chi connectivity index (χ0) is 13.7. The minimum Gasteiger partial charge on any atom is -0.347 e. The number of carbonyl (C=O) groups is 1. The van der Waals surface area contributed by atoms with Crippen LogP contribution in [0.4, 0.5) is 10.2 Å². The van der Waals surface area contributed by atoms with E-state index in [0.29, 0.717) is 16.4 Å². The zero-order valence-electron chi connectivity index (χ0n) is 9.81. The van der Waals surface area contributed by atoms with Gasteiger partial charge in [-0.05, 0) is 36.4 Å². The van der Waals surface area contributed by atoms with E-state index >= 15 is 0 Å². The first-order valence-corrected chi connectivity index (χ1v) is 5.87. The van der Waals surface area contributed by atoms with Gasteiger partial charge in [-0.15, -0.1) is 0 Å². The summed E-state index contributed by atoms with van der Waals surface area (Å²) >= 11 is 5.70. The Morgan fingerprint density at radius 3 is 2.58 bits per heavy atom. The van der Waals surface area contributed by atoms with Crippen LogP contribution in [0.25, 0.3) is 0 Å². The van der Waals surface area contributed by atoms with Crippen molar-refractivity contribution in [2.75, 3.05) is 5.32 Å². The standard InChI is InChI=1S/C14H10ClFN2O/c15-11-3-6-14(18-9-11)17-8-7-13(19)10-1-4-12(16)5-2-10/h1-9H,(H,17,18). The van der Waals surface area contributed by atoms with Crippen molar-refractivity contribution in [1.29, 1.82) is 0 Å². The van der Waals surface area contributed by atoms with E-state index in [-0.39, 0.29) is 11.6 Å². The number of ketones is 1. The molecule has 2 rings (SSSR count). The lowest BCUT2D eigenvalue weighted by molar-refractivity contribution is 0.104. The van der Waals surface area contributed by atoms with Gasteiger partial charge in [0.2, 0.25) is 0 Å². The Bertz CT molecular complexity index is 594. The zero-order valence-corrected chi connectivity index (χ0v) is 10.6. The normalized spacial score (nSPS) is 10.6. The van der Waals surface area contributed by atoms with Crippen LogP contribution in [0.15, 0.2) is 54.9 Å². The highest BCUT2D eigenvalue weighted by atomic mass is 35.5. The van der Waals surface area contributed by atoms with Crippen LogP contribution in [0.3, 0.4) is 0 Å². The molecule has 0 spiro atoms. The second-order valence-corrected chi connectivity index (χ2v) is 4.15. The minimum absolute atomic E-state index is 0.221. The molecule has 0 fully saturated rings. The SMILES string of the molecule is O=C(C=CNc1ccc(Cl)cn1)c1ccc(F)cc1. The molecule has 0 saturated heterocycles. The summed E-state index contributed by atoms with van der Waals surface area (Å²) in [4.78, 5) is 15.7. The van der Waals surface area contributed by atoms with Crippen LogP contribution < -0.4 is 5.32 Å².